The lowest BCUT2D eigenvalue weighted by Gasteiger charge is -2.39. The third-order valence-corrected chi connectivity index (χ3v) is 3.35. The Bertz CT molecular complexity index is 426. The topological polar surface area (TPSA) is 46.3 Å². The van der Waals surface area contributed by atoms with Crippen LogP contribution >= 0.6 is 0 Å². The Morgan fingerprint density at radius 2 is 2.24 bits per heavy atom. The van der Waals surface area contributed by atoms with Crippen molar-refractivity contribution >= 4 is 11.5 Å². The first-order valence-corrected chi connectivity index (χ1v) is 6.13. The summed E-state index contributed by atoms with van der Waals surface area (Å²) in [4.78, 5) is 13.6. The zero-order chi connectivity index (χ0) is 12.5. The van der Waals surface area contributed by atoms with Crippen molar-refractivity contribution < 1.29 is 4.79 Å². The number of benzene rings is 1. The van der Waals surface area contributed by atoms with Crippen LogP contribution in [0.15, 0.2) is 24.3 Å². The summed E-state index contributed by atoms with van der Waals surface area (Å²) >= 11 is 0. The van der Waals surface area contributed by atoms with Crippen LogP contribution in [0.4, 0.5) is 5.69 Å². The van der Waals surface area contributed by atoms with Crippen molar-refractivity contribution in [3.63, 3.8) is 0 Å². The Balaban J connectivity index is 2.22. The van der Waals surface area contributed by atoms with Crippen molar-refractivity contribution in [2.24, 2.45) is 5.73 Å². The third-order valence-electron chi connectivity index (χ3n) is 3.35. The van der Waals surface area contributed by atoms with Crippen LogP contribution in [0.25, 0.3) is 0 Å². The zero-order valence-electron chi connectivity index (χ0n) is 10.6. The molecular formula is C14H20N2O. The molecule has 2 N–H and O–H groups in total. The molecular weight excluding hydrogens is 212 g/mol. The van der Waals surface area contributed by atoms with Gasteiger partial charge in [-0.2, -0.15) is 0 Å². The lowest BCUT2D eigenvalue weighted by Crippen LogP contribution is -2.52. The summed E-state index contributed by atoms with van der Waals surface area (Å²) in [7, 11) is 0. The van der Waals surface area contributed by atoms with Gasteiger partial charge in [0, 0.05) is 29.9 Å². The van der Waals surface area contributed by atoms with E-state index in [9.17, 15) is 4.79 Å². The molecule has 2 rings (SSSR count). The number of nitrogens with two attached hydrogens (primary N) is 1. The van der Waals surface area contributed by atoms with Gasteiger partial charge in [0.15, 0.2) is 5.78 Å². The van der Waals surface area contributed by atoms with Gasteiger partial charge < -0.3 is 10.6 Å². The summed E-state index contributed by atoms with van der Waals surface area (Å²) in [6, 6.07) is 7.81. The first-order valence-electron chi connectivity index (χ1n) is 6.13. The molecule has 1 unspecified atom stereocenters. The van der Waals surface area contributed by atoms with E-state index in [1.165, 1.54) is 0 Å². The molecule has 0 bridgehead atoms. The fraction of sp³-hybridized carbons (Fsp3) is 0.500. The summed E-state index contributed by atoms with van der Waals surface area (Å²) in [6.45, 7) is 5.57. The Labute approximate surface area is 103 Å². The van der Waals surface area contributed by atoms with E-state index in [0.29, 0.717) is 0 Å². The van der Waals surface area contributed by atoms with E-state index in [-0.39, 0.29) is 11.3 Å². The normalized spacial score (nSPS) is 24.8. The van der Waals surface area contributed by atoms with Gasteiger partial charge in [0.25, 0.3) is 0 Å². The molecule has 1 saturated heterocycles. The predicted octanol–water partition coefficient (Wildman–Crippen LogP) is 2.21. The summed E-state index contributed by atoms with van der Waals surface area (Å²) < 4.78 is 0. The van der Waals surface area contributed by atoms with Crippen LogP contribution in [-0.4, -0.2) is 24.4 Å². The van der Waals surface area contributed by atoms with Gasteiger partial charge in [-0.3, -0.25) is 4.79 Å². The number of Topliss-reactive ketones (excluding diaryl/α,β-unsaturated/α-hetero) is 1. The van der Waals surface area contributed by atoms with Crippen LogP contribution in [0.2, 0.25) is 0 Å². The van der Waals surface area contributed by atoms with Crippen LogP contribution in [0.1, 0.15) is 37.0 Å². The van der Waals surface area contributed by atoms with Crippen LogP contribution in [0, 0.1) is 0 Å². The fourth-order valence-corrected chi connectivity index (χ4v) is 2.41. The number of ketones is 1. The third kappa shape index (κ3) is 2.86. The van der Waals surface area contributed by atoms with Gasteiger partial charge in [0.2, 0.25) is 0 Å². The van der Waals surface area contributed by atoms with Crippen LogP contribution in [-0.2, 0) is 0 Å². The molecule has 0 saturated carbocycles. The Hall–Kier alpha value is -1.35. The van der Waals surface area contributed by atoms with Crippen molar-refractivity contribution in [2.45, 2.75) is 32.2 Å². The van der Waals surface area contributed by atoms with Crippen LogP contribution in [0.5, 0.6) is 0 Å². The molecule has 1 aromatic rings. The van der Waals surface area contributed by atoms with Gasteiger partial charge in [0.05, 0.1) is 0 Å². The highest BCUT2D eigenvalue weighted by molar-refractivity contribution is 5.95. The van der Waals surface area contributed by atoms with Crippen molar-refractivity contribution in [1.82, 2.24) is 0 Å². The number of hydrogen-bond acceptors (Lipinski definition) is 3. The molecule has 3 nitrogen and oxygen atoms in total. The summed E-state index contributed by atoms with van der Waals surface area (Å²) in [5.74, 6) is 0.111. The van der Waals surface area contributed by atoms with Crippen molar-refractivity contribution in [3.05, 3.63) is 29.8 Å². The van der Waals surface area contributed by atoms with E-state index >= 15 is 0 Å². The van der Waals surface area contributed by atoms with Gasteiger partial charge in [-0.1, -0.05) is 12.1 Å². The van der Waals surface area contributed by atoms with E-state index in [1.807, 2.05) is 24.3 Å². The molecule has 0 aromatic heterocycles. The fourth-order valence-electron chi connectivity index (χ4n) is 2.41. The number of carbonyl (C=O) groups is 1. The maximum atomic E-state index is 11.4. The Morgan fingerprint density at radius 3 is 2.88 bits per heavy atom. The first-order chi connectivity index (χ1) is 7.98. The monoisotopic (exact) mass is 232 g/mol. The minimum Gasteiger partial charge on any atom is -0.370 e. The lowest BCUT2D eigenvalue weighted by atomic mass is 9.92. The molecule has 0 radical (unpaired) electrons. The average Bonchev–Trinajstić information content (AvgIpc) is 2.28. The van der Waals surface area contributed by atoms with Crippen LogP contribution < -0.4 is 10.6 Å². The summed E-state index contributed by atoms with van der Waals surface area (Å²) in [6.07, 6.45) is 2.17. The first kappa shape index (κ1) is 12.1. The predicted molar refractivity (Wildman–Crippen MR) is 70.5 cm³/mol. The van der Waals surface area contributed by atoms with E-state index in [0.717, 1.165) is 37.2 Å². The second-order valence-corrected chi connectivity index (χ2v) is 5.29. The smallest absolute Gasteiger partial charge is 0.159 e. The number of carbonyl (C=O) groups excluding carboxylic acids is 1. The van der Waals surface area contributed by atoms with E-state index in [2.05, 4.69) is 11.8 Å². The standard InChI is InChI=1S/C14H20N2O/c1-11(17)12-5-3-6-13(9-12)16-8-4-7-14(2,15)10-16/h3,5-6,9H,4,7-8,10,15H2,1-2H3. The highest BCUT2D eigenvalue weighted by Gasteiger charge is 2.27. The van der Waals surface area contributed by atoms with Gasteiger partial charge in [-0.05, 0) is 38.8 Å². The molecule has 17 heavy (non-hydrogen) atoms. The summed E-state index contributed by atoms with van der Waals surface area (Å²) in [5, 5.41) is 0. The minimum absolute atomic E-state index is 0.111. The molecule has 1 atom stereocenters. The molecule has 1 fully saturated rings. The van der Waals surface area contributed by atoms with Gasteiger partial charge >= 0.3 is 0 Å². The maximum Gasteiger partial charge on any atom is 0.159 e. The second-order valence-electron chi connectivity index (χ2n) is 5.29. The van der Waals surface area contributed by atoms with E-state index in [1.54, 1.807) is 6.92 Å². The molecule has 3 heteroatoms. The number of anilines is 1. The van der Waals surface area contributed by atoms with E-state index in [4.69, 9.17) is 5.73 Å². The average molecular weight is 232 g/mol. The van der Waals surface area contributed by atoms with Crippen molar-refractivity contribution in [2.75, 3.05) is 18.0 Å². The highest BCUT2D eigenvalue weighted by atomic mass is 16.1. The number of piperidine rings is 1. The molecule has 1 aliphatic rings. The van der Waals surface area contributed by atoms with E-state index < -0.39 is 0 Å². The number of nitrogens with zero attached hydrogens (tertiary/aromatic N) is 1. The number of hydrogen-bond donors (Lipinski definition) is 1. The zero-order valence-corrected chi connectivity index (χ0v) is 10.6. The molecule has 0 aliphatic carbocycles. The molecule has 1 aliphatic heterocycles. The second kappa shape index (κ2) is 4.49. The lowest BCUT2D eigenvalue weighted by molar-refractivity contribution is 0.101. The van der Waals surface area contributed by atoms with Crippen molar-refractivity contribution in [1.29, 1.82) is 0 Å². The van der Waals surface area contributed by atoms with Gasteiger partial charge in [0.1, 0.15) is 0 Å². The maximum absolute atomic E-state index is 11.4. The van der Waals surface area contributed by atoms with Gasteiger partial charge in [-0.25, -0.2) is 0 Å². The quantitative estimate of drug-likeness (QED) is 0.795. The summed E-state index contributed by atoms with van der Waals surface area (Å²) in [5.41, 5.74) is 7.95. The number of rotatable bonds is 2. The SMILES string of the molecule is CC(=O)c1cccc(N2CCCC(C)(N)C2)c1. The molecule has 0 amide bonds. The Morgan fingerprint density at radius 1 is 1.47 bits per heavy atom. The highest BCUT2D eigenvalue weighted by Crippen LogP contribution is 2.24. The minimum atomic E-state index is -0.121. The molecule has 1 heterocycles. The molecule has 1 aromatic carbocycles. The molecule has 0 spiro atoms. The molecule has 92 valence electrons. The van der Waals surface area contributed by atoms with Crippen LogP contribution in [0.3, 0.4) is 0 Å². The largest absolute Gasteiger partial charge is 0.370 e. The van der Waals surface area contributed by atoms with Gasteiger partial charge in [-0.15, -0.1) is 0 Å². The van der Waals surface area contributed by atoms with Crippen molar-refractivity contribution in [3.8, 4) is 0 Å². The Kier molecular flexibility index (Phi) is 3.20.